The number of hydrogen-bond acceptors (Lipinski definition) is 3. The van der Waals surface area contributed by atoms with Gasteiger partial charge in [0, 0.05) is 11.0 Å². The van der Waals surface area contributed by atoms with E-state index in [9.17, 15) is 10.1 Å². The van der Waals surface area contributed by atoms with E-state index in [0.717, 1.165) is 11.1 Å². The molecule has 1 saturated heterocycles. The van der Waals surface area contributed by atoms with Gasteiger partial charge in [-0.15, -0.1) is 11.3 Å². The average molecular weight is 267 g/mol. The molecule has 0 atom stereocenters. The molecule has 0 bridgehead atoms. The molecule has 1 aliphatic heterocycles. The van der Waals surface area contributed by atoms with Crippen LogP contribution in [0.15, 0.2) is 18.3 Å². The van der Waals surface area contributed by atoms with Gasteiger partial charge in [-0.2, -0.15) is 0 Å². The van der Waals surface area contributed by atoms with Crippen LogP contribution in [0.25, 0.3) is 6.08 Å². The second-order valence-corrected chi connectivity index (χ2v) is 11.1. The number of nitro groups is 1. The minimum absolute atomic E-state index is 0.404. The molecule has 2 rings (SSSR count). The Labute approximate surface area is 106 Å². The second-order valence-electron chi connectivity index (χ2n) is 4.92. The van der Waals surface area contributed by atoms with Crippen LogP contribution in [0.4, 0.5) is 0 Å². The summed E-state index contributed by atoms with van der Waals surface area (Å²) in [4.78, 5) is 10.9. The average Bonchev–Trinajstić information content (AvgIpc) is 2.76. The van der Waals surface area contributed by atoms with E-state index in [1.54, 1.807) is 17.4 Å². The Kier molecular flexibility index (Phi) is 3.78. The SMILES string of the molecule is C[Si]1(c2ccc(/C=C/[N+](=O)[O-])s2)CCCCC1. The molecule has 1 aromatic heterocycles. The summed E-state index contributed by atoms with van der Waals surface area (Å²) in [5.41, 5.74) is 0. The van der Waals surface area contributed by atoms with Crippen molar-refractivity contribution in [2.75, 3.05) is 0 Å². The Morgan fingerprint density at radius 3 is 2.71 bits per heavy atom. The first-order chi connectivity index (χ1) is 8.10. The summed E-state index contributed by atoms with van der Waals surface area (Å²) in [5, 5.41) is 10.3. The van der Waals surface area contributed by atoms with E-state index in [1.807, 2.05) is 6.07 Å². The van der Waals surface area contributed by atoms with Crippen molar-refractivity contribution >= 4 is 30.0 Å². The molecule has 5 heteroatoms. The van der Waals surface area contributed by atoms with E-state index in [0.29, 0.717) is 0 Å². The molecule has 1 aromatic rings. The van der Waals surface area contributed by atoms with Crippen LogP contribution in [-0.4, -0.2) is 13.0 Å². The second kappa shape index (κ2) is 5.14. The maximum atomic E-state index is 10.3. The van der Waals surface area contributed by atoms with E-state index in [1.165, 1.54) is 35.9 Å². The van der Waals surface area contributed by atoms with E-state index in [2.05, 4.69) is 12.6 Å². The van der Waals surface area contributed by atoms with E-state index in [-0.39, 0.29) is 0 Å². The number of thiophene rings is 1. The summed E-state index contributed by atoms with van der Waals surface area (Å²) in [7, 11) is -1.23. The van der Waals surface area contributed by atoms with Crippen molar-refractivity contribution in [1.82, 2.24) is 0 Å². The molecule has 0 unspecified atom stereocenters. The van der Waals surface area contributed by atoms with Gasteiger partial charge in [-0.3, -0.25) is 10.1 Å². The van der Waals surface area contributed by atoms with E-state index < -0.39 is 13.0 Å². The summed E-state index contributed by atoms with van der Waals surface area (Å²) < 4.78 is 1.51. The molecular formula is C12H17NO2SSi. The normalized spacial score (nSPS) is 19.6. The van der Waals surface area contributed by atoms with Gasteiger partial charge in [0.15, 0.2) is 0 Å². The Bertz CT molecular complexity index is 435. The molecule has 0 amide bonds. The molecule has 2 heterocycles. The smallest absolute Gasteiger partial charge is 0.235 e. The Morgan fingerprint density at radius 2 is 2.06 bits per heavy atom. The fraction of sp³-hybridized carbons (Fsp3) is 0.500. The zero-order chi connectivity index (χ0) is 12.3. The predicted molar refractivity (Wildman–Crippen MR) is 75.1 cm³/mol. The number of rotatable bonds is 3. The highest BCUT2D eigenvalue weighted by atomic mass is 32.1. The lowest BCUT2D eigenvalue weighted by Crippen LogP contribution is -2.44. The number of nitrogens with zero attached hydrogens (tertiary/aromatic N) is 1. The molecule has 17 heavy (non-hydrogen) atoms. The molecule has 3 nitrogen and oxygen atoms in total. The molecule has 0 aliphatic carbocycles. The van der Waals surface area contributed by atoms with Crippen molar-refractivity contribution in [2.24, 2.45) is 0 Å². The summed E-state index contributed by atoms with van der Waals surface area (Å²) in [6.45, 7) is 2.46. The maximum Gasteiger partial charge on any atom is 0.235 e. The van der Waals surface area contributed by atoms with Gasteiger partial charge in [0.2, 0.25) is 6.20 Å². The first-order valence-corrected chi connectivity index (χ1v) is 9.75. The topological polar surface area (TPSA) is 43.1 Å². The molecule has 0 aromatic carbocycles. The van der Waals surface area contributed by atoms with Gasteiger partial charge in [0.25, 0.3) is 0 Å². The summed E-state index contributed by atoms with van der Waals surface area (Å²) >= 11 is 1.75. The molecule has 0 saturated carbocycles. The summed E-state index contributed by atoms with van der Waals surface area (Å²) in [6.07, 6.45) is 6.73. The highest BCUT2D eigenvalue weighted by Gasteiger charge is 2.32. The largest absolute Gasteiger partial charge is 0.259 e. The Morgan fingerprint density at radius 1 is 1.35 bits per heavy atom. The van der Waals surface area contributed by atoms with E-state index >= 15 is 0 Å². The Hall–Kier alpha value is -0.943. The van der Waals surface area contributed by atoms with Crippen LogP contribution < -0.4 is 4.50 Å². The highest BCUT2D eigenvalue weighted by molar-refractivity contribution is 7.27. The summed E-state index contributed by atoms with van der Waals surface area (Å²) in [6, 6.07) is 6.98. The van der Waals surface area contributed by atoms with Gasteiger partial charge in [-0.25, -0.2) is 0 Å². The van der Waals surface area contributed by atoms with Gasteiger partial charge in [-0.1, -0.05) is 44.0 Å². The number of hydrogen-bond donors (Lipinski definition) is 0. The monoisotopic (exact) mass is 267 g/mol. The van der Waals surface area contributed by atoms with Crippen molar-refractivity contribution in [3.63, 3.8) is 0 Å². The Balaban J connectivity index is 2.14. The summed E-state index contributed by atoms with van der Waals surface area (Å²) in [5.74, 6) is 0. The van der Waals surface area contributed by atoms with Crippen LogP contribution in [0.5, 0.6) is 0 Å². The highest BCUT2D eigenvalue weighted by Crippen LogP contribution is 2.30. The van der Waals surface area contributed by atoms with Crippen LogP contribution >= 0.6 is 11.3 Å². The van der Waals surface area contributed by atoms with Crippen LogP contribution in [0.2, 0.25) is 18.6 Å². The van der Waals surface area contributed by atoms with Crippen molar-refractivity contribution in [3.8, 4) is 0 Å². The van der Waals surface area contributed by atoms with Crippen LogP contribution in [0, 0.1) is 10.1 Å². The molecule has 1 aliphatic rings. The lowest BCUT2D eigenvalue weighted by atomic mass is 10.3. The third-order valence-corrected chi connectivity index (χ3v) is 10.5. The molecular weight excluding hydrogens is 250 g/mol. The van der Waals surface area contributed by atoms with Crippen molar-refractivity contribution < 1.29 is 4.92 Å². The fourth-order valence-electron chi connectivity index (χ4n) is 2.48. The first kappa shape index (κ1) is 12.5. The van der Waals surface area contributed by atoms with Gasteiger partial charge in [0.1, 0.15) is 0 Å². The lowest BCUT2D eigenvalue weighted by Gasteiger charge is -2.30. The van der Waals surface area contributed by atoms with Gasteiger partial charge in [0.05, 0.1) is 13.0 Å². The van der Waals surface area contributed by atoms with Gasteiger partial charge in [-0.05, 0) is 10.6 Å². The third-order valence-electron chi connectivity index (χ3n) is 3.54. The standard InChI is InChI=1S/C12H17NO2SSi/c1-17(9-3-2-4-10-17)12-6-5-11(16-12)7-8-13(14)15/h5-8H,2-4,9-10H2,1H3/b8-7+. The van der Waals surface area contributed by atoms with Crippen LogP contribution in [0.3, 0.4) is 0 Å². The minimum Gasteiger partial charge on any atom is -0.259 e. The lowest BCUT2D eigenvalue weighted by molar-refractivity contribution is -0.400. The van der Waals surface area contributed by atoms with Crippen LogP contribution in [-0.2, 0) is 0 Å². The molecule has 0 N–H and O–H groups in total. The van der Waals surface area contributed by atoms with Gasteiger partial charge >= 0.3 is 0 Å². The molecule has 0 radical (unpaired) electrons. The van der Waals surface area contributed by atoms with Crippen molar-refractivity contribution in [2.45, 2.75) is 37.9 Å². The van der Waals surface area contributed by atoms with Gasteiger partial charge < -0.3 is 0 Å². The van der Waals surface area contributed by atoms with Crippen molar-refractivity contribution in [1.29, 1.82) is 0 Å². The zero-order valence-electron chi connectivity index (χ0n) is 10.0. The fourth-order valence-corrected chi connectivity index (χ4v) is 8.38. The van der Waals surface area contributed by atoms with Crippen LogP contribution in [0.1, 0.15) is 24.1 Å². The minimum atomic E-state index is -1.23. The zero-order valence-corrected chi connectivity index (χ0v) is 11.8. The first-order valence-electron chi connectivity index (χ1n) is 6.02. The quantitative estimate of drug-likeness (QED) is 0.478. The van der Waals surface area contributed by atoms with Crippen molar-refractivity contribution in [3.05, 3.63) is 33.3 Å². The molecule has 92 valence electrons. The molecule has 0 spiro atoms. The third kappa shape index (κ3) is 3.04. The molecule has 1 fully saturated rings. The van der Waals surface area contributed by atoms with E-state index in [4.69, 9.17) is 0 Å². The predicted octanol–water partition coefficient (Wildman–Crippen LogP) is 3.47. The maximum absolute atomic E-state index is 10.3.